The number of benzene rings is 3. The number of rotatable bonds is 2. The molecular formula is C24H16N2. The molecule has 26 heavy (non-hydrogen) atoms. The minimum atomic E-state index is 0.895. The molecule has 0 saturated carbocycles. The molecule has 0 amide bonds. The van der Waals surface area contributed by atoms with Gasteiger partial charge in [0.1, 0.15) is 0 Å². The summed E-state index contributed by atoms with van der Waals surface area (Å²) in [6, 6.07) is 33.2. The standard InChI is InChI=1S/C24H16N2/c1-2-9-18(10-3-1)24-20-12-6-4-11-19(20)16-23(26-24)22-15-14-17-8-5-7-13-21(17)25-22/h1-16H. The maximum absolute atomic E-state index is 4.99. The van der Waals surface area contributed by atoms with Gasteiger partial charge in [0.25, 0.3) is 0 Å². The molecule has 122 valence electrons. The van der Waals surface area contributed by atoms with Crippen LogP contribution in [-0.2, 0) is 0 Å². The molecular weight excluding hydrogens is 316 g/mol. The van der Waals surface area contributed by atoms with E-state index >= 15 is 0 Å². The molecule has 2 nitrogen and oxygen atoms in total. The summed E-state index contributed by atoms with van der Waals surface area (Å²) in [6.07, 6.45) is 0. The van der Waals surface area contributed by atoms with Crippen LogP contribution in [0.3, 0.4) is 0 Å². The predicted octanol–water partition coefficient (Wildman–Crippen LogP) is 6.12. The van der Waals surface area contributed by atoms with Gasteiger partial charge >= 0.3 is 0 Å². The first-order valence-electron chi connectivity index (χ1n) is 8.70. The van der Waals surface area contributed by atoms with E-state index in [1.165, 1.54) is 5.39 Å². The predicted molar refractivity (Wildman–Crippen MR) is 108 cm³/mol. The van der Waals surface area contributed by atoms with Gasteiger partial charge in [0.2, 0.25) is 0 Å². The van der Waals surface area contributed by atoms with Crippen LogP contribution in [0.4, 0.5) is 0 Å². The van der Waals surface area contributed by atoms with Gasteiger partial charge in [0.15, 0.2) is 0 Å². The summed E-state index contributed by atoms with van der Waals surface area (Å²) >= 11 is 0. The highest BCUT2D eigenvalue weighted by atomic mass is 14.8. The highest BCUT2D eigenvalue weighted by Gasteiger charge is 2.10. The van der Waals surface area contributed by atoms with E-state index in [-0.39, 0.29) is 0 Å². The normalized spacial score (nSPS) is 11.1. The Morgan fingerprint density at radius 3 is 2.12 bits per heavy atom. The molecule has 2 heteroatoms. The molecule has 0 aliphatic rings. The quantitative estimate of drug-likeness (QED) is 0.389. The average molecular weight is 332 g/mol. The van der Waals surface area contributed by atoms with Crippen molar-refractivity contribution in [1.29, 1.82) is 0 Å². The smallest absolute Gasteiger partial charge is 0.0900 e. The fourth-order valence-corrected chi connectivity index (χ4v) is 3.35. The maximum Gasteiger partial charge on any atom is 0.0900 e. The van der Waals surface area contributed by atoms with Crippen molar-refractivity contribution >= 4 is 21.7 Å². The molecule has 0 bridgehead atoms. The lowest BCUT2D eigenvalue weighted by Crippen LogP contribution is -1.93. The second kappa shape index (κ2) is 6.08. The molecule has 0 atom stereocenters. The van der Waals surface area contributed by atoms with Gasteiger partial charge in [-0.3, -0.25) is 0 Å². The second-order valence-corrected chi connectivity index (χ2v) is 6.33. The van der Waals surface area contributed by atoms with E-state index in [0.29, 0.717) is 0 Å². The first-order valence-corrected chi connectivity index (χ1v) is 8.70. The molecule has 5 aromatic rings. The highest BCUT2D eigenvalue weighted by Crippen LogP contribution is 2.31. The van der Waals surface area contributed by atoms with Crippen LogP contribution in [-0.4, -0.2) is 9.97 Å². The Kier molecular flexibility index (Phi) is 3.46. The summed E-state index contributed by atoms with van der Waals surface area (Å²) in [7, 11) is 0. The Morgan fingerprint density at radius 2 is 1.23 bits per heavy atom. The van der Waals surface area contributed by atoms with Crippen molar-refractivity contribution in [3.05, 3.63) is 97.1 Å². The van der Waals surface area contributed by atoms with E-state index < -0.39 is 0 Å². The van der Waals surface area contributed by atoms with Crippen LogP contribution in [0.1, 0.15) is 0 Å². The zero-order valence-electron chi connectivity index (χ0n) is 14.1. The van der Waals surface area contributed by atoms with Crippen molar-refractivity contribution in [2.75, 3.05) is 0 Å². The molecule has 0 aliphatic heterocycles. The molecule has 0 unspecified atom stereocenters. The Labute approximate surface area is 151 Å². The summed E-state index contributed by atoms with van der Waals surface area (Å²) in [5.41, 5.74) is 4.89. The fraction of sp³-hybridized carbons (Fsp3) is 0. The third-order valence-corrected chi connectivity index (χ3v) is 4.65. The van der Waals surface area contributed by atoms with Gasteiger partial charge in [-0.15, -0.1) is 0 Å². The van der Waals surface area contributed by atoms with Gasteiger partial charge in [-0.1, -0.05) is 78.9 Å². The number of aromatic nitrogens is 2. The van der Waals surface area contributed by atoms with Crippen LogP contribution in [0.25, 0.3) is 44.3 Å². The van der Waals surface area contributed by atoms with Crippen molar-refractivity contribution in [3.63, 3.8) is 0 Å². The lowest BCUT2D eigenvalue weighted by atomic mass is 10.0. The Bertz CT molecular complexity index is 1230. The van der Waals surface area contributed by atoms with Gasteiger partial charge < -0.3 is 0 Å². The SMILES string of the molecule is c1ccc(-c2nc(-c3ccc4ccccc4n3)cc3ccccc23)cc1. The highest BCUT2D eigenvalue weighted by molar-refractivity contribution is 5.97. The maximum atomic E-state index is 4.99. The molecule has 2 aromatic heterocycles. The monoisotopic (exact) mass is 332 g/mol. The zero-order chi connectivity index (χ0) is 17.3. The topological polar surface area (TPSA) is 25.8 Å². The third-order valence-electron chi connectivity index (χ3n) is 4.65. The van der Waals surface area contributed by atoms with E-state index in [4.69, 9.17) is 9.97 Å². The van der Waals surface area contributed by atoms with Gasteiger partial charge in [-0.2, -0.15) is 0 Å². The minimum absolute atomic E-state index is 0.895. The first-order chi connectivity index (χ1) is 12.9. The molecule has 0 fully saturated rings. The number of hydrogen-bond donors (Lipinski definition) is 0. The number of pyridine rings is 2. The van der Waals surface area contributed by atoms with Gasteiger partial charge in [0, 0.05) is 16.3 Å². The number of nitrogens with zero attached hydrogens (tertiary/aromatic N) is 2. The largest absolute Gasteiger partial charge is 0.246 e. The van der Waals surface area contributed by atoms with Crippen molar-refractivity contribution < 1.29 is 0 Å². The van der Waals surface area contributed by atoms with Gasteiger partial charge in [0.05, 0.1) is 22.6 Å². The molecule has 0 saturated heterocycles. The summed E-state index contributed by atoms with van der Waals surface area (Å²) in [6.45, 7) is 0. The lowest BCUT2D eigenvalue weighted by Gasteiger charge is -2.10. The summed E-state index contributed by atoms with van der Waals surface area (Å²) in [4.78, 5) is 9.81. The van der Waals surface area contributed by atoms with E-state index in [1.807, 2.05) is 42.5 Å². The lowest BCUT2D eigenvalue weighted by molar-refractivity contribution is 1.29. The van der Waals surface area contributed by atoms with E-state index in [2.05, 4.69) is 54.6 Å². The summed E-state index contributed by atoms with van der Waals surface area (Å²) < 4.78 is 0. The minimum Gasteiger partial charge on any atom is -0.246 e. The second-order valence-electron chi connectivity index (χ2n) is 6.33. The van der Waals surface area contributed by atoms with Crippen LogP contribution < -0.4 is 0 Å². The molecule has 0 spiro atoms. The fourth-order valence-electron chi connectivity index (χ4n) is 3.35. The van der Waals surface area contributed by atoms with Crippen molar-refractivity contribution in [1.82, 2.24) is 9.97 Å². The van der Waals surface area contributed by atoms with E-state index in [0.717, 1.165) is 38.9 Å². The molecule has 2 heterocycles. The van der Waals surface area contributed by atoms with Crippen molar-refractivity contribution in [3.8, 4) is 22.6 Å². The van der Waals surface area contributed by atoms with Crippen LogP contribution in [0, 0.1) is 0 Å². The number of hydrogen-bond acceptors (Lipinski definition) is 2. The van der Waals surface area contributed by atoms with Crippen molar-refractivity contribution in [2.45, 2.75) is 0 Å². The summed E-state index contributed by atoms with van der Waals surface area (Å²) in [5, 5.41) is 3.47. The van der Waals surface area contributed by atoms with Gasteiger partial charge in [-0.25, -0.2) is 9.97 Å². The molecule has 0 radical (unpaired) electrons. The van der Waals surface area contributed by atoms with Crippen LogP contribution in [0.15, 0.2) is 97.1 Å². The van der Waals surface area contributed by atoms with E-state index in [1.54, 1.807) is 0 Å². The molecule has 0 N–H and O–H groups in total. The Balaban J connectivity index is 1.77. The molecule has 0 aliphatic carbocycles. The molecule has 3 aromatic carbocycles. The van der Waals surface area contributed by atoms with Gasteiger partial charge in [-0.05, 0) is 23.6 Å². The van der Waals surface area contributed by atoms with Crippen LogP contribution in [0.2, 0.25) is 0 Å². The Hall–Kier alpha value is -3.52. The number of fused-ring (bicyclic) bond motifs is 2. The first kappa shape index (κ1) is 14.8. The van der Waals surface area contributed by atoms with Crippen LogP contribution >= 0.6 is 0 Å². The summed E-state index contributed by atoms with van der Waals surface area (Å²) in [5.74, 6) is 0. The van der Waals surface area contributed by atoms with Crippen molar-refractivity contribution in [2.24, 2.45) is 0 Å². The molecule has 5 rings (SSSR count). The Morgan fingerprint density at radius 1 is 0.500 bits per heavy atom. The number of para-hydroxylation sites is 1. The third kappa shape index (κ3) is 2.52. The average Bonchev–Trinajstić information content (AvgIpc) is 2.73. The van der Waals surface area contributed by atoms with Crippen LogP contribution in [0.5, 0.6) is 0 Å². The zero-order valence-corrected chi connectivity index (χ0v) is 14.1. The van der Waals surface area contributed by atoms with E-state index in [9.17, 15) is 0 Å².